The van der Waals surface area contributed by atoms with Gasteiger partial charge in [0.05, 0.1) is 11.8 Å². The Bertz CT molecular complexity index is 350. The van der Waals surface area contributed by atoms with Crippen LogP contribution in [0.1, 0.15) is 12.8 Å². The van der Waals surface area contributed by atoms with Crippen LogP contribution in [-0.2, 0) is 4.74 Å². The lowest BCUT2D eigenvalue weighted by Gasteiger charge is -2.35. The Morgan fingerprint density at radius 1 is 1.33 bits per heavy atom. The van der Waals surface area contributed by atoms with E-state index in [1.54, 1.807) is 13.2 Å². The second-order valence-corrected chi connectivity index (χ2v) is 3.77. The Hall–Kier alpha value is -1.16. The van der Waals surface area contributed by atoms with Gasteiger partial charge in [-0.05, 0) is 25.0 Å². The molecular weight excluding hydrogens is 200 g/mol. The maximum Gasteiger partial charge on any atom is 0.181 e. The average Bonchev–Trinajstić information content (AvgIpc) is 2.17. The van der Waals surface area contributed by atoms with Crippen molar-refractivity contribution in [2.45, 2.75) is 25.0 Å². The maximum atomic E-state index is 13.2. The number of hydrogen-bond donors (Lipinski definition) is 1. The van der Waals surface area contributed by atoms with Gasteiger partial charge in [0.25, 0.3) is 0 Å². The molecule has 0 atom stereocenters. The largest absolute Gasteiger partial charge is 0.381 e. The molecule has 1 aliphatic carbocycles. The zero-order valence-corrected chi connectivity index (χ0v) is 8.47. The number of halogens is 2. The molecule has 0 spiro atoms. The highest BCUT2D eigenvalue weighted by atomic mass is 19.2. The van der Waals surface area contributed by atoms with Crippen molar-refractivity contribution >= 4 is 5.69 Å². The first-order chi connectivity index (χ1) is 7.20. The molecule has 1 aliphatic rings. The van der Waals surface area contributed by atoms with Crippen molar-refractivity contribution in [1.29, 1.82) is 0 Å². The lowest BCUT2D eigenvalue weighted by Crippen LogP contribution is -2.40. The SMILES string of the molecule is COC1CC(Nc2cccc(F)c2F)C1. The predicted octanol–water partition coefficient (Wildman–Crippen LogP) is 2.55. The summed E-state index contributed by atoms with van der Waals surface area (Å²) in [6.45, 7) is 0. The molecule has 1 aromatic rings. The van der Waals surface area contributed by atoms with Crippen LogP contribution in [0, 0.1) is 11.6 Å². The van der Waals surface area contributed by atoms with Crippen molar-refractivity contribution < 1.29 is 13.5 Å². The molecule has 0 heterocycles. The molecule has 0 bridgehead atoms. The molecule has 1 saturated carbocycles. The van der Waals surface area contributed by atoms with Gasteiger partial charge < -0.3 is 10.1 Å². The van der Waals surface area contributed by atoms with Crippen molar-refractivity contribution in [3.05, 3.63) is 29.8 Å². The Morgan fingerprint density at radius 3 is 2.73 bits per heavy atom. The molecule has 0 amide bonds. The Kier molecular flexibility index (Phi) is 2.86. The summed E-state index contributed by atoms with van der Waals surface area (Å²) >= 11 is 0. The van der Waals surface area contributed by atoms with E-state index < -0.39 is 11.6 Å². The van der Waals surface area contributed by atoms with Gasteiger partial charge in [0.1, 0.15) is 0 Å². The van der Waals surface area contributed by atoms with E-state index in [2.05, 4.69) is 5.32 Å². The highest BCUT2D eigenvalue weighted by Crippen LogP contribution is 2.27. The van der Waals surface area contributed by atoms with E-state index in [-0.39, 0.29) is 17.8 Å². The van der Waals surface area contributed by atoms with Crippen molar-refractivity contribution in [3.63, 3.8) is 0 Å². The predicted molar refractivity (Wildman–Crippen MR) is 53.8 cm³/mol. The zero-order valence-electron chi connectivity index (χ0n) is 8.47. The second kappa shape index (κ2) is 4.14. The molecule has 4 heteroatoms. The molecule has 0 unspecified atom stereocenters. The van der Waals surface area contributed by atoms with Gasteiger partial charge in [0, 0.05) is 13.2 Å². The molecule has 2 nitrogen and oxygen atoms in total. The molecule has 0 radical (unpaired) electrons. The highest BCUT2D eigenvalue weighted by Gasteiger charge is 2.29. The fourth-order valence-corrected chi connectivity index (χ4v) is 1.71. The number of nitrogens with one attached hydrogen (secondary N) is 1. The third-order valence-corrected chi connectivity index (χ3v) is 2.74. The smallest absolute Gasteiger partial charge is 0.181 e. The Morgan fingerprint density at radius 2 is 2.07 bits per heavy atom. The highest BCUT2D eigenvalue weighted by molar-refractivity contribution is 5.46. The van der Waals surface area contributed by atoms with Crippen LogP contribution in [0.2, 0.25) is 0 Å². The summed E-state index contributed by atoms with van der Waals surface area (Å²) in [7, 11) is 1.66. The van der Waals surface area contributed by atoms with Gasteiger partial charge in [-0.25, -0.2) is 8.78 Å². The summed E-state index contributed by atoms with van der Waals surface area (Å²) in [5, 5.41) is 2.96. The van der Waals surface area contributed by atoms with E-state index in [0.29, 0.717) is 0 Å². The van der Waals surface area contributed by atoms with Gasteiger partial charge >= 0.3 is 0 Å². The molecule has 0 aliphatic heterocycles. The molecule has 1 fully saturated rings. The normalized spacial score (nSPS) is 24.7. The van der Waals surface area contributed by atoms with Crippen molar-refractivity contribution in [1.82, 2.24) is 0 Å². The molecular formula is C11H13F2NO. The van der Waals surface area contributed by atoms with Crippen LogP contribution in [0.4, 0.5) is 14.5 Å². The van der Waals surface area contributed by atoms with Crippen LogP contribution in [0.15, 0.2) is 18.2 Å². The molecule has 0 aromatic heterocycles. The van der Waals surface area contributed by atoms with Crippen molar-refractivity contribution in [2.75, 3.05) is 12.4 Å². The molecule has 1 aromatic carbocycles. The summed E-state index contributed by atoms with van der Waals surface area (Å²) in [6, 6.07) is 4.33. The Labute approximate surface area is 87.2 Å². The van der Waals surface area contributed by atoms with Gasteiger partial charge in [-0.1, -0.05) is 6.07 Å². The first-order valence-electron chi connectivity index (χ1n) is 4.94. The van der Waals surface area contributed by atoms with E-state index in [0.717, 1.165) is 18.9 Å². The number of rotatable bonds is 3. The van der Waals surface area contributed by atoms with Gasteiger partial charge in [-0.2, -0.15) is 0 Å². The topological polar surface area (TPSA) is 21.3 Å². The summed E-state index contributed by atoms with van der Waals surface area (Å²) in [5.41, 5.74) is 0.231. The minimum absolute atomic E-state index is 0.186. The number of anilines is 1. The summed E-state index contributed by atoms with van der Waals surface area (Å²) < 4.78 is 31.2. The molecule has 0 saturated heterocycles. The number of ether oxygens (including phenoxy) is 1. The van der Waals surface area contributed by atoms with E-state index in [4.69, 9.17) is 4.74 Å². The van der Waals surface area contributed by atoms with Crippen LogP contribution in [-0.4, -0.2) is 19.3 Å². The van der Waals surface area contributed by atoms with E-state index in [1.165, 1.54) is 6.07 Å². The zero-order chi connectivity index (χ0) is 10.8. The van der Waals surface area contributed by atoms with Crippen LogP contribution in [0.25, 0.3) is 0 Å². The number of methoxy groups -OCH3 is 1. The Balaban J connectivity index is 1.97. The first-order valence-corrected chi connectivity index (χ1v) is 4.94. The van der Waals surface area contributed by atoms with Gasteiger partial charge in [-0.3, -0.25) is 0 Å². The lowest BCUT2D eigenvalue weighted by atomic mass is 9.89. The second-order valence-electron chi connectivity index (χ2n) is 3.77. The van der Waals surface area contributed by atoms with Crippen LogP contribution < -0.4 is 5.32 Å². The third kappa shape index (κ3) is 2.09. The molecule has 2 rings (SSSR count). The molecule has 15 heavy (non-hydrogen) atoms. The minimum Gasteiger partial charge on any atom is -0.381 e. The van der Waals surface area contributed by atoms with Crippen molar-refractivity contribution in [2.24, 2.45) is 0 Å². The van der Waals surface area contributed by atoms with E-state index >= 15 is 0 Å². The van der Waals surface area contributed by atoms with Crippen LogP contribution >= 0.6 is 0 Å². The average molecular weight is 213 g/mol. The standard InChI is InChI=1S/C11H13F2NO/c1-15-8-5-7(6-8)14-10-4-2-3-9(12)11(10)13/h2-4,7-8,14H,5-6H2,1H3. The molecule has 1 N–H and O–H groups in total. The van der Waals surface area contributed by atoms with E-state index in [1.807, 2.05) is 0 Å². The van der Waals surface area contributed by atoms with Crippen LogP contribution in [0.5, 0.6) is 0 Å². The quantitative estimate of drug-likeness (QED) is 0.833. The van der Waals surface area contributed by atoms with Gasteiger partial charge in [0.15, 0.2) is 11.6 Å². The summed E-state index contributed by atoms with van der Waals surface area (Å²) in [6.07, 6.45) is 1.93. The fraction of sp³-hybridized carbons (Fsp3) is 0.455. The molecule has 82 valence electrons. The summed E-state index contributed by atoms with van der Waals surface area (Å²) in [4.78, 5) is 0. The third-order valence-electron chi connectivity index (χ3n) is 2.74. The monoisotopic (exact) mass is 213 g/mol. The number of hydrogen-bond acceptors (Lipinski definition) is 2. The summed E-state index contributed by atoms with van der Waals surface area (Å²) in [5.74, 6) is -1.62. The first kappa shape index (κ1) is 10.4. The van der Waals surface area contributed by atoms with Crippen molar-refractivity contribution in [3.8, 4) is 0 Å². The van der Waals surface area contributed by atoms with Crippen LogP contribution in [0.3, 0.4) is 0 Å². The lowest BCUT2D eigenvalue weighted by molar-refractivity contribution is 0.0328. The fourth-order valence-electron chi connectivity index (χ4n) is 1.71. The van der Waals surface area contributed by atoms with E-state index in [9.17, 15) is 8.78 Å². The van der Waals surface area contributed by atoms with Gasteiger partial charge in [0.2, 0.25) is 0 Å². The maximum absolute atomic E-state index is 13.2. The minimum atomic E-state index is -0.817. The van der Waals surface area contributed by atoms with Gasteiger partial charge in [-0.15, -0.1) is 0 Å². The number of benzene rings is 1.